The Kier molecular flexibility index (Phi) is 13.7. The Labute approximate surface area is 169 Å². The fourth-order valence-electron chi connectivity index (χ4n) is 3.26. The first-order valence-corrected chi connectivity index (χ1v) is 10.7. The van der Waals surface area contributed by atoms with Gasteiger partial charge in [-0.2, -0.15) is 0 Å². The highest BCUT2D eigenvalue weighted by atomic mass is 16.5. The van der Waals surface area contributed by atoms with E-state index in [0.29, 0.717) is 25.2 Å². The number of aryl methyl sites for hydroxylation is 1. The van der Waals surface area contributed by atoms with Gasteiger partial charge in [0.1, 0.15) is 5.75 Å². The fourth-order valence-corrected chi connectivity index (χ4v) is 3.26. The molecule has 0 radical (unpaired) electrons. The first-order chi connectivity index (χ1) is 13.6. The lowest BCUT2D eigenvalue weighted by Gasteiger charge is -2.08. The van der Waals surface area contributed by atoms with Crippen LogP contribution in [0.4, 0.5) is 0 Å². The maximum atomic E-state index is 11.0. The summed E-state index contributed by atoms with van der Waals surface area (Å²) in [6, 6.07) is 5.13. The molecule has 0 aliphatic rings. The zero-order valence-corrected chi connectivity index (χ0v) is 17.3. The SMILES string of the molecule is Cc1cc(OCCCCCCCCCCCCCCOC=O)ccc1C(=O)O. The van der Waals surface area contributed by atoms with Crippen LogP contribution < -0.4 is 4.74 Å². The second-order valence-electron chi connectivity index (χ2n) is 7.34. The maximum Gasteiger partial charge on any atom is 0.335 e. The highest BCUT2D eigenvalue weighted by Gasteiger charge is 2.07. The molecule has 1 N–H and O–H groups in total. The second-order valence-corrected chi connectivity index (χ2v) is 7.34. The van der Waals surface area contributed by atoms with E-state index in [2.05, 4.69) is 4.74 Å². The lowest BCUT2D eigenvalue weighted by atomic mass is 10.1. The molecule has 5 nitrogen and oxygen atoms in total. The molecule has 0 amide bonds. The van der Waals surface area contributed by atoms with E-state index in [0.717, 1.165) is 30.6 Å². The van der Waals surface area contributed by atoms with E-state index in [9.17, 15) is 9.59 Å². The van der Waals surface area contributed by atoms with Gasteiger partial charge in [0.25, 0.3) is 6.47 Å². The second kappa shape index (κ2) is 16.0. The summed E-state index contributed by atoms with van der Waals surface area (Å²) in [4.78, 5) is 21.0. The number of carboxylic acid groups (broad SMARTS) is 1. The van der Waals surface area contributed by atoms with E-state index in [1.165, 1.54) is 57.8 Å². The molecule has 1 aromatic carbocycles. The molecule has 0 bridgehead atoms. The Morgan fingerprint density at radius 1 is 0.857 bits per heavy atom. The Morgan fingerprint density at radius 2 is 1.36 bits per heavy atom. The lowest BCUT2D eigenvalue weighted by molar-refractivity contribution is -0.128. The predicted molar refractivity (Wildman–Crippen MR) is 111 cm³/mol. The molecule has 158 valence electrons. The van der Waals surface area contributed by atoms with Gasteiger partial charge in [0.05, 0.1) is 18.8 Å². The van der Waals surface area contributed by atoms with Crippen molar-refractivity contribution in [2.45, 2.75) is 84.0 Å². The molecular weight excluding hydrogens is 356 g/mol. The summed E-state index contributed by atoms with van der Waals surface area (Å²) in [6.07, 6.45) is 14.7. The number of rotatable bonds is 18. The van der Waals surface area contributed by atoms with E-state index < -0.39 is 5.97 Å². The average molecular weight is 393 g/mol. The first kappa shape index (κ1) is 24.0. The third-order valence-electron chi connectivity index (χ3n) is 4.92. The van der Waals surface area contributed by atoms with Crippen molar-refractivity contribution in [3.8, 4) is 5.75 Å². The van der Waals surface area contributed by atoms with Gasteiger partial charge in [-0.3, -0.25) is 4.79 Å². The van der Waals surface area contributed by atoms with Gasteiger partial charge in [0, 0.05) is 0 Å². The van der Waals surface area contributed by atoms with Gasteiger partial charge in [-0.25, -0.2) is 4.79 Å². The van der Waals surface area contributed by atoms with Crippen molar-refractivity contribution in [1.82, 2.24) is 0 Å². The minimum Gasteiger partial charge on any atom is -0.494 e. The standard InChI is InChI=1S/C23H36O5/c1-20-18-21(14-15-22(20)23(25)26)28-17-13-11-9-7-5-3-2-4-6-8-10-12-16-27-19-24/h14-15,18-19H,2-13,16-17H2,1H3,(H,25,26). The highest BCUT2D eigenvalue weighted by Crippen LogP contribution is 2.18. The van der Waals surface area contributed by atoms with Crippen LogP contribution in [0.1, 0.15) is 93.0 Å². The molecule has 0 saturated heterocycles. The van der Waals surface area contributed by atoms with Crippen molar-refractivity contribution < 1.29 is 24.2 Å². The van der Waals surface area contributed by atoms with E-state index >= 15 is 0 Å². The summed E-state index contributed by atoms with van der Waals surface area (Å²) in [5, 5.41) is 9.03. The van der Waals surface area contributed by atoms with Gasteiger partial charge >= 0.3 is 5.97 Å². The number of unbranched alkanes of at least 4 members (excludes halogenated alkanes) is 11. The molecule has 0 aliphatic heterocycles. The van der Waals surface area contributed by atoms with Crippen molar-refractivity contribution in [1.29, 1.82) is 0 Å². The van der Waals surface area contributed by atoms with Crippen molar-refractivity contribution in [3.63, 3.8) is 0 Å². The summed E-state index contributed by atoms with van der Waals surface area (Å²) in [5.41, 5.74) is 1.06. The topological polar surface area (TPSA) is 72.8 Å². The van der Waals surface area contributed by atoms with E-state index in [4.69, 9.17) is 9.84 Å². The first-order valence-electron chi connectivity index (χ1n) is 10.7. The molecule has 0 aliphatic carbocycles. The molecule has 0 saturated carbocycles. The number of benzene rings is 1. The summed E-state index contributed by atoms with van der Waals surface area (Å²) in [6.45, 7) is 3.56. The number of ether oxygens (including phenoxy) is 2. The Balaban J connectivity index is 1.87. The van der Waals surface area contributed by atoms with Crippen molar-refractivity contribution >= 4 is 12.4 Å². The molecule has 0 unspecified atom stereocenters. The number of carbonyl (C=O) groups is 2. The highest BCUT2D eigenvalue weighted by molar-refractivity contribution is 5.89. The molecule has 0 atom stereocenters. The normalized spacial score (nSPS) is 10.6. The van der Waals surface area contributed by atoms with E-state index in [1.54, 1.807) is 25.1 Å². The van der Waals surface area contributed by atoms with E-state index in [-0.39, 0.29) is 0 Å². The molecule has 1 aromatic rings. The van der Waals surface area contributed by atoms with Crippen LogP contribution in [0.5, 0.6) is 5.75 Å². The summed E-state index contributed by atoms with van der Waals surface area (Å²) in [7, 11) is 0. The van der Waals surface area contributed by atoms with Gasteiger partial charge in [0.2, 0.25) is 0 Å². The molecule has 1 rings (SSSR count). The van der Waals surface area contributed by atoms with Gasteiger partial charge in [-0.05, 0) is 43.5 Å². The summed E-state index contributed by atoms with van der Waals surface area (Å²) in [5.74, 6) is -0.149. The van der Waals surface area contributed by atoms with Gasteiger partial charge in [-0.15, -0.1) is 0 Å². The summed E-state index contributed by atoms with van der Waals surface area (Å²) < 4.78 is 10.4. The largest absolute Gasteiger partial charge is 0.494 e. The number of carbonyl (C=O) groups excluding carboxylic acids is 1. The number of carboxylic acids is 1. The Bertz CT molecular complexity index is 556. The van der Waals surface area contributed by atoms with Crippen LogP contribution in [0.15, 0.2) is 18.2 Å². The number of hydrogen-bond donors (Lipinski definition) is 1. The molecule has 0 fully saturated rings. The Hall–Kier alpha value is -2.04. The van der Waals surface area contributed by atoms with Crippen LogP contribution in [0, 0.1) is 6.92 Å². The zero-order valence-electron chi connectivity index (χ0n) is 17.3. The van der Waals surface area contributed by atoms with Gasteiger partial charge in [-0.1, -0.05) is 64.2 Å². The molecule has 0 aromatic heterocycles. The Morgan fingerprint density at radius 3 is 1.82 bits per heavy atom. The number of aromatic carboxylic acids is 1. The van der Waals surface area contributed by atoms with Crippen LogP contribution in [0.25, 0.3) is 0 Å². The van der Waals surface area contributed by atoms with Crippen LogP contribution >= 0.6 is 0 Å². The van der Waals surface area contributed by atoms with Crippen molar-refractivity contribution in [2.75, 3.05) is 13.2 Å². The third kappa shape index (κ3) is 11.6. The monoisotopic (exact) mass is 392 g/mol. The fraction of sp³-hybridized carbons (Fsp3) is 0.652. The molecule has 0 spiro atoms. The van der Waals surface area contributed by atoms with Crippen LogP contribution in [-0.2, 0) is 9.53 Å². The van der Waals surface area contributed by atoms with Crippen molar-refractivity contribution in [3.05, 3.63) is 29.3 Å². The van der Waals surface area contributed by atoms with Crippen LogP contribution in [0.3, 0.4) is 0 Å². The van der Waals surface area contributed by atoms with Crippen LogP contribution in [-0.4, -0.2) is 30.8 Å². The third-order valence-corrected chi connectivity index (χ3v) is 4.92. The van der Waals surface area contributed by atoms with Gasteiger partial charge in [0.15, 0.2) is 0 Å². The molecule has 0 heterocycles. The predicted octanol–water partition coefficient (Wildman–Crippen LogP) is 5.93. The van der Waals surface area contributed by atoms with Crippen LogP contribution in [0.2, 0.25) is 0 Å². The summed E-state index contributed by atoms with van der Waals surface area (Å²) >= 11 is 0. The minimum atomic E-state index is -0.898. The van der Waals surface area contributed by atoms with Crippen molar-refractivity contribution in [2.24, 2.45) is 0 Å². The molecule has 28 heavy (non-hydrogen) atoms. The molecular formula is C23H36O5. The quantitative estimate of drug-likeness (QED) is 0.248. The van der Waals surface area contributed by atoms with Gasteiger partial charge < -0.3 is 14.6 Å². The molecule has 5 heteroatoms. The maximum absolute atomic E-state index is 11.0. The zero-order chi connectivity index (χ0) is 20.5. The average Bonchev–Trinajstić information content (AvgIpc) is 2.67. The smallest absolute Gasteiger partial charge is 0.335 e. The lowest BCUT2D eigenvalue weighted by Crippen LogP contribution is -2.02. The van der Waals surface area contributed by atoms with E-state index in [1.807, 2.05) is 0 Å². The minimum absolute atomic E-state index is 0.330. The number of hydrogen-bond acceptors (Lipinski definition) is 4.